The van der Waals surface area contributed by atoms with Gasteiger partial charge in [0.2, 0.25) is 11.8 Å². The Morgan fingerprint density at radius 2 is 2.00 bits per heavy atom. The van der Waals surface area contributed by atoms with E-state index in [4.69, 9.17) is 0 Å². The molecule has 0 aliphatic carbocycles. The minimum absolute atomic E-state index is 0.0220. The summed E-state index contributed by atoms with van der Waals surface area (Å²) in [4.78, 5) is 26.0. The highest BCUT2D eigenvalue weighted by Crippen LogP contribution is 2.31. The van der Waals surface area contributed by atoms with Gasteiger partial charge in [0.25, 0.3) is 0 Å². The van der Waals surface area contributed by atoms with Crippen LogP contribution in [0.2, 0.25) is 0 Å². The molecule has 2 amide bonds. The molecule has 0 spiro atoms. The Morgan fingerprint density at radius 1 is 1.30 bits per heavy atom. The second-order valence-corrected chi connectivity index (χ2v) is 6.16. The van der Waals surface area contributed by atoms with Crippen molar-refractivity contribution in [3.8, 4) is 11.5 Å². The monoisotopic (exact) mass is 321 g/mol. The van der Waals surface area contributed by atoms with Crippen LogP contribution < -0.4 is 0 Å². The fraction of sp³-hybridized carbons (Fsp3) is 0.529. The second-order valence-electron chi connectivity index (χ2n) is 6.16. The summed E-state index contributed by atoms with van der Waals surface area (Å²) in [6, 6.07) is 3.69. The number of phenols is 2. The van der Waals surface area contributed by atoms with E-state index in [0.29, 0.717) is 5.56 Å². The Labute approximate surface area is 135 Å². The van der Waals surface area contributed by atoms with Crippen molar-refractivity contribution in [1.29, 1.82) is 0 Å². The van der Waals surface area contributed by atoms with E-state index in [9.17, 15) is 24.9 Å². The number of rotatable bonds is 6. The number of phenolic OH excluding ortho intramolecular Hbond substituents is 2. The molecule has 0 saturated carbocycles. The normalized spacial score (nSPS) is 20.8. The molecule has 3 unspecified atom stereocenters. The van der Waals surface area contributed by atoms with Gasteiger partial charge in [-0.15, -0.1) is 0 Å². The van der Waals surface area contributed by atoms with Gasteiger partial charge in [-0.3, -0.25) is 14.5 Å². The second kappa shape index (κ2) is 7.00. The summed E-state index contributed by atoms with van der Waals surface area (Å²) >= 11 is 0. The fourth-order valence-electron chi connectivity index (χ4n) is 3.00. The van der Waals surface area contributed by atoms with Crippen LogP contribution in [-0.4, -0.2) is 44.7 Å². The first kappa shape index (κ1) is 17.3. The number of hydrogen-bond donors (Lipinski definition) is 3. The Morgan fingerprint density at radius 3 is 2.57 bits per heavy atom. The van der Waals surface area contributed by atoms with Gasteiger partial charge >= 0.3 is 0 Å². The molecule has 0 radical (unpaired) electrons. The third kappa shape index (κ3) is 3.47. The summed E-state index contributed by atoms with van der Waals surface area (Å²) in [7, 11) is 0. The van der Waals surface area contributed by atoms with E-state index >= 15 is 0 Å². The third-order valence-corrected chi connectivity index (χ3v) is 4.63. The zero-order valence-electron chi connectivity index (χ0n) is 13.4. The van der Waals surface area contributed by atoms with E-state index in [-0.39, 0.29) is 48.7 Å². The molecule has 6 nitrogen and oxygen atoms in total. The number of likely N-dealkylation sites (tertiary alicyclic amines) is 1. The van der Waals surface area contributed by atoms with Crippen molar-refractivity contribution in [1.82, 2.24) is 4.90 Å². The molecule has 6 heteroatoms. The first-order valence-electron chi connectivity index (χ1n) is 7.86. The summed E-state index contributed by atoms with van der Waals surface area (Å²) in [5.41, 5.74) is 0.514. The Bertz CT molecular complexity index is 601. The standard InChI is InChI=1S/C17H23NO5/c1-3-10(2)14(9-19)18-16(22)7-12(17(18)23)6-11-4-5-13(20)8-15(11)21/h4-5,8,10,12,14,19-21H,3,6-7,9H2,1-2H3. The molecule has 126 valence electrons. The highest BCUT2D eigenvalue weighted by molar-refractivity contribution is 6.04. The van der Waals surface area contributed by atoms with Crippen LogP contribution in [0.15, 0.2) is 18.2 Å². The van der Waals surface area contributed by atoms with Gasteiger partial charge in [-0.2, -0.15) is 0 Å². The minimum atomic E-state index is -0.545. The maximum Gasteiger partial charge on any atom is 0.233 e. The molecule has 3 N–H and O–H groups in total. The smallest absolute Gasteiger partial charge is 0.233 e. The van der Waals surface area contributed by atoms with Crippen molar-refractivity contribution in [2.75, 3.05) is 6.61 Å². The van der Waals surface area contributed by atoms with Crippen molar-refractivity contribution in [3.63, 3.8) is 0 Å². The molecule has 2 rings (SSSR count). The minimum Gasteiger partial charge on any atom is -0.508 e. The van der Waals surface area contributed by atoms with E-state index in [2.05, 4.69) is 0 Å². The number of benzene rings is 1. The van der Waals surface area contributed by atoms with Crippen LogP contribution >= 0.6 is 0 Å². The zero-order chi connectivity index (χ0) is 17.1. The highest BCUT2D eigenvalue weighted by Gasteiger charge is 2.43. The molecule has 0 bridgehead atoms. The van der Waals surface area contributed by atoms with Gasteiger partial charge in [-0.25, -0.2) is 0 Å². The summed E-state index contributed by atoms with van der Waals surface area (Å²) < 4.78 is 0. The van der Waals surface area contributed by atoms with Crippen LogP contribution in [-0.2, 0) is 16.0 Å². The predicted molar refractivity (Wildman–Crippen MR) is 83.8 cm³/mol. The van der Waals surface area contributed by atoms with E-state index < -0.39 is 12.0 Å². The number of hydrogen-bond acceptors (Lipinski definition) is 5. The van der Waals surface area contributed by atoms with Crippen LogP contribution in [0, 0.1) is 11.8 Å². The summed E-state index contributed by atoms with van der Waals surface area (Å²) in [6.45, 7) is 3.61. The molecule has 1 aliphatic rings. The highest BCUT2D eigenvalue weighted by atomic mass is 16.3. The van der Waals surface area contributed by atoms with Gasteiger partial charge in [0.1, 0.15) is 11.5 Å². The van der Waals surface area contributed by atoms with Crippen molar-refractivity contribution in [2.45, 2.75) is 39.2 Å². The van der Waals surface area contributed by atoms with E-state index in [1.807, 2.05) is 13.8 Å². The molecule has 1 aromatic carbocycles. The molecular weight excluding hydrogens is 298 g/mol. The number of nitrogens with zero attached hydrogens (tertiary/aromatic N) is 1. The van der Waals surface area contributed by atoms with Crippen LogP contribution in [0.1, 0.15) is 32.3 Å². The molecule has 23 heavy (non-hydrogen) atoms. The molecular formula is C17H23NO5. The summed E-state index contributed by atoms with van der Waals surface area (Å²) in [5, 5.41) is 28.7. The number of imide groups is 1. The number of carbonyl (C=O) groups is 2. The Balaban J connectivity index is 2.17. The maximum absolute atomic E-state index is 12.6. The van der Waals surface area contributed by atoms with Crippen LogP contribution in [0.3, 0.4) is 0 Å². The number of amides is 2. The quantitative estimate of drug-likeness (QED) is 0.688. The van der Waals surface area contributed by atoms with Gasteiger partial charge in [0.15, 0.2) is 0 Å². The van der Waals surface area contributed by atoms with Crippen molar-refractivity contribution >= 4 is 11.8 Å². The lowest BCUT2D eigenvalue weighted by Gasteiger charge is -2.29. The van der Waals surface area contributed by atoms with Crippen molar-refractivity contribution < 1.29 is 24.9 Å². The van der Waals surface area contributed by atoms with Crippen LogP contribution in [0.4, 0.5) is 0 Å². The molecule has 1 aliphatic heterocycles. The van der Waals surface area contributed by atoms with Crippen molar-refractivity contribution in [2.24, 2.45) is 11.8 Å². The number of aromatic hydroxyl groups is 2. The summed E-state index contributed by atoms with van der Waals surface area (Å²) in [6.07, 6.45) is 1.06. The molecule has 1 fully saturated rings. The van der Waals surface area contributed by atoms with Gasteiger partial charge in [-0.05, 0) is 24.0 Å². The number of aliphatic hydroxyl groups is 1. The predicted octanol–water partition coefficient (Wildman–Crippen LogP) is 1.42. The van der Waals surface area contributed by atoms with E-state index in [1.54, 1.807) is 6.07 Å². The van der Waals surface area contributed by atoms with Crippen molar-refractivity contribution in [3.05, 3.63) is 23.8 Å². The van der Waals surface area contributed by atoms with Gasteiger partial charge in [0.05, 0.1) is 18.6 Å². The zero-order valence-corrected chi connectivity index (χ0v) is 13.4. The lowest BCUT2D eigenvalue weighted by Crippen LogP contribution is -2.46. The van der Waals surface area contributed by atoms with Gasteiger partial charge in [-0.1, -0.05) is 26.3 Å². The molecule has 0 aromatic heterocycles. The average Bonchev–Trinajstić information content (AvgIpc) is 2.78. The Kier molecular flexibility index (Phi) is 5.26. The van der Waals surface area contributed by atoms with Gasteiger partial charge < -0.3 is 15.3 Å². The van der Waals surface area contributed by atoms with Crippen LogP contribution in [0.5, 0.6) is 11.5 Å². The van der Waals surface area contributed by atoms with E-state index in [0.717, 1.165) is 6.42 Å². The van der Waals surface area contributed by atoms with Crippen LogP contribution in [0.25, 0.3) is 0 Å². The fourth-order valence-corrected chi connectivity index (χ4v) is 3.00. The summed E-state index contributed by atoms with van der Waals surface area (Å²) in [5.74, 6) is -1.26. The largest absolute Gasteiger partial charge is 0.508 e. The molecule has 3 atom stereocenters. The third-order valence-electron chi connectivity index (χ3n) is 4.63. The lowest BCUT2D eigenvalue weighted by molar-refractivity contribution is -0.144. The first-order valence-corrected chi connectivity index (χ1v) is 7.86. The first-order chi connectivity index (χ1) is 10.9. The molecule has 1 saturated heterocycles. The van der Waals surface area contributed by atoms with E-state index in [1.165, 1.54) is 17.0 Å². The SMILES string of the molecule is CCC(C)C(CO)N1C(=O)CC(Cc2ccc(O)cc2O)C1=O. The number of carbonyl (C=O) groups excluding carboxylic acids is 2. The lowest BCUT2D eigenvalue weighted by atomic mass is 9.96. The number of aliphatic hydroxyl groups excluding tert-OH is 1. The van der Waals surface area contributed by atoms with Gasteiger partial charge in [0, 0.05) is 12.5 Å². The molecule has 1 aromatic rings. The maximum atomic E-state index is 12.6. The average molecular weight is 321 g/mol. The Hall–Kier alpha value is -2.08. The molecule has 1 heterocycles. The topological polar surface area (TPSA) is 98.1 Å².